The second kappa shape index (κ2) is 7.03. The Hall–Kier alpha value is -1.91. The monoisotopic (exact) mass is 273 g/mol. The van der Waals surface area contributed by atoms with Gasteiger partial charge in [-0.05, 0) is 42.7 Å². The second-order valence-electron chi connectivity index (χ2n) is 4.56. The van der Waals surface area contributed by atoms with E-state index in [4.69, 9.17) is 9.84 Å². The quantitative estimate of drug-likeness (QED) is 0.849. The molecule has 0 aliphatic rings. The molecular weight excluding hydrogens is 254 g/mol. The van der Waals surface area contributed by atoms with E-state index in [1.165, 1.54) is 0 Å². The third-order valence-corrected chi connectivity index (χ3v) is 3.05. The van der Waals surface area contributed by atoms with Gasteiger partial charge in [0.2, 0.25) is 0 Å². The first-order valence-electron chi connectivity index (χ1n) is 6.74. The van der Waals surface area contributed by atoms with Gasteiger partial charge in [0.1, 0.15) is 11.5 Å². The SMILES string of the molecule is CC[C@H](O)c1ccc(Oc2ccc(CCO)cc2)cn1. The lowest BCUT2D eigenvalue weighted by molar-refractivity contribution is 0.169. The van der Waals surface area contributed by atoms with E-state index in [1.807, 2.05) is 31.2 Å². The number of pyridine rings is 1. The number of hydrogen-bond donors (Lipinski definition) is 2. The number of aliphatic hydroxyl groups is 2. The van der Waals surface area contributed by atoms with E-state index in [-0.39, 0.29) is 6.61 Å². The highest BCUT2D eigenvalue weighted by atomic mass is 16.5. The molecule has 106 valence electrons. The van der Waals surface area contributed by atoms with Gasteiger partial charge in [0.05, 0.1) is 18.0 Å². The van der Waals surface area contributed by atoms with Gasteiger partial charge in [0.25, 0.3) is 0 Å². The Kier molecular flexibility index (Phi) is 5.09. The molecular formula is C16H19NO3. The molecule has 0 amide bonds. The largest absolute Gasteiger partial charge is 0.456 e. The van der Waals surface area contributed by atoms with E-state index in [2.05, 4.69) is 4.98 Å². The molecule has 1 atom stereocenters. The van der Waals surface area contributed by atoms with Crippen LogP contribution in [0.25, 0.3) is 0 Å². The van der Waals surface area contributed by atoms with Crippen molar-refractivity contribution in [2.45, 2.75) is 25.9 Å². The van der Waals surface area contributed by atoms with E-state index in [9.17, 15) is 5.11 Å². The maximum absolute atomic E-state index is 9.67. The standard InChI is InChI=1S/C16H19NO3/c1-2-16(19)15-8-7-14(11-17-15)20-13-5-3-12(4-6-13)9-10-18/h3-8,11,16,18-19H,2,9-10H2,1H3/t16-/m0/s1. The van der Waals surface area contributed by atoms with E-state index in [0.29, 0.717) is 24.3 Å². The number of aromatic nitrogens is 1. The van der Waals surface area contributed by atoms with Crippen LogP contribution in [0.1, 0.15) is 30.7 Å². The molecule has 2 N–H and O–H groups in total. The summed E-state index contributed by atoms with van der Waals surface area (Å²) in [6.07, 6.45) is 2.36. The molecule has 4 nitrogen and oxygen atoms in total. The van der Waals surface area contributed by atoms with Gasteiger partial charge in [-0.25, -0.2) is 0 Å². The summed E-state index contributed by atoms with van der Waals surface area (Å²) in [6, 6.07) is 11.1. The summed E-state index contributed by atoms with van der Waals surface area (Å²) < 4.78 is 5.67. The van der Waals surface area contributed by atoms with Gasteiger partial charge in [-0.1, -0.05) is 19.1 Å². The highest BCUT2D eigenvalue weighted by molar-refractivity contribution is 5.32. The molecule has 1 heterocycles. The predicted octanol–water partition coefficient (Wildman–Crippen LogP) is 2.85. The van der Waals surface area contributed by atoms with Crippen LogP contribution in [0.5, 0.6) is 11.5 Å². The molecule has 0 spiro atoms. The van der Waals surface area contributed by atoms with Crippen LogP contribution in [0.3, 0.4) is 0 Å². The predicted molar refractivity (Wildman–Crippen MR) is 76.8 cm³/mol. The van der Waals surface area contributed by atoms with E-state index in [1.54, 1.807) is 18.3 Å². The van der Waals surface area contributed by atoms with Crippen molar-refractivity contribution in [2.24, 2.45) is 0 Å². The minimum Gasteiger partial charge on any atom is -0.456 e. The Labute approximate surface area is 118 Å². The second-order valence-corrected chi connectivity index (χ2v) is 4.56. The molecule has 0 unspecified atom stereocenters. The summed E-state index contributed by atoms with van der Waals surface area (Å²) >= 11 is 0. The lowest BCUT2D eigenvalue weighted by Gasteiger charge is -2.09. The zero-order valence-corrected chi connectivity index (χ0v) is 11.5. The first-order valence-corrected chi connectivity index (χ1v) is 6.74. The summed E-state index contributed by atoms with van der Waals surface area (Å²) in [6.45, 7) is 2.05. The number of hydrogen-bond acceptors (Lipinski definition) is 4. The van der Waals surface area contributed by atoms with Crippen molar-refractivity contribution in [3.05, 3.63) is 53.9 Å². The minimum atomic E-state index is -0.526. The number of aliphatic hydroxyl groups excluding tert-OH is 2. The molecule has 1 aromatic heterocycles. The average molecular weight is 273 g/mol. The number of nitrogens with zero attached hydrogens (tertiary/aromatic N) is 1. The third-order valence-electron chi connectivity index (χ3n) is 3.05. The number of benzene rings is 1. The molecule has 20 heavy (non-hydrogen) atoms. The van der Waals surface area contributed by atoms with Gasteiger partial charge in [-0.2, -0.15) is 0 Å². The topological polar surface area (TPSA) is 62.6 Å². The summed E-state index contributed by atoms with van der Waals surface area (Å²) in [7, 11) is 0. The Balaban J connectivity index is 2.02. The van der Waals surface area contributed by atoms with E-state index >= 15 is 0 Å². The van der Waals surface area contributed by atoms with Crippen LogP contribution in [0, 0.1) is 0 Å². The molecule has 2 rings (SSSR count). The van der Waals surface area contributed by atoms with Crippen LogP contribution in [-0.4, -0.2) is 21.8 Å². The molecule has 1 aromatic carbocycles. The van der Waals surface area contributed by atoms with Gasteiger partial charge in [0, 0.05) is 6.61 Å². The highest BCUT2D eigenvalue weighted by Crippen LogP contribution is 2.23. The van der Waals surface area contributed by atoms with E-state index in [0.717, 1.165) is 11.3 Å². The zero-order valence-electron chi connectivity index (χ0n) is 11.5. The van der Waals surface area contributed by atoms with Crippen molar-refractivity contribution in [3.8, 4) is 11.5 Å². The Morgan fingerprint density at radius 1 is 1.10 bits per heavy atom. The fourth-order valence-electron chi connectivity index (χ4n) is 1.85. The van der Waals surface area contributed by atoms with Gasteiger partial charge in [-0.3, -0.25) is 4.98 Å². The lowest BCUT2D eigenvalue weighted by Crippen LogP contribution is -1.98. The van der Waals surface area contributed by atoms with Gasteiger partial charge < -0.3 is 14.9 Å². The lowest BCUT2D eigenvalue weighted by atomic mass is 10.1. The Morgan fingerprint density at radius 2 is 1.80 bits per heavy atom. The molecule has 0 bridgehead atoms. The zero-order chi connectivity index (χ0) is 14.4. The summed E-state index contributed by atoms with van der Waals surface area (Å²) in [5.74, 6) is 1.35. The van der Waals surface area contributed by atoms with Crippen molar-refractivity contribution >= 4 is 0 Å². The van der Waals surface area contributed by atoms with Crippen LogP contribution in [0.4, 0.5) is 0 Å². The van der Waals surface area contributed by atoms with Gasteiger partial charge >= 0.3 is 0 Å². The maximum atomic E-state index is 9.67. The fraction of sp³-hybridized carbons (Fsp3) is 0.312. The fourth-order valence-corrected chi connectivity index (χ4v) is 1.85. The molecule has 2 aromatic rings. The molecule has 0 fully saturated rings. The summed E-state index contributed by atoms with van der Waals surface area (Å²) in [5.41, 5.74) is 1.72. The highest BCUT2D eigenvalue weighted by Gasteiger charge is 2.06. The van der Waals surface area contributed by atoms with Crippen LogP contribution in [-0.2, 0) is 6.42 Å². The van der Waals surface area contributed by atoms with Crippen molar-refractivity contribution in [1.29, 1.82) is 0 Å². The van der Waals surface area contributed by atoms with Crippen molar-refractivity contribution in [1.82, 2.24) is 4.98 Å². The van der Waals surface area contributed by atoms with Crippen molar-refractivity contribution in [2.75, 3.05) is 6.61 Å². The molecule has 4 heteroatoms. The Morgan fingerprint density at radius 3 is 2.35 bits per heavy atom. The summed E-state index contributed by atoms with van der Waals surface area (Å²) in [4.78, 5) is 4.18. The molecule has 0 saturated heterocycles. The molecule has 0 aliphatic carbocycles. The van der Waals surface area contributed by atoms with Crippen LogP contribution in [0.2, 0.25) is 0 Å². The smallest absolute Gasteiger partial charge is 0.145 e. The first kappa shape index (κ1) is 14.5. The van der Waals surface area contributed by atoms with Crippen LogP contribution >= 0.6 is 0 Å². The molecule has 0 radical (unpaired) electrons. The van der Waals surface area contributed by atoms with Gasteiger partial charge in [-0.15, -0.1) is 0 Å². The maximum Gasteiger partial charge on any atom is 0.145 e. The van der Waals surface area contributed by atoms with Crippen LogP contribution < -0.4 is 4.74 Å². The molecule has 0 aliphatic heterocycles. The van der Waals surface area contributed by atoms with Crippen molar-refractivity contribution in [3.63, 3.8) is 0 Å². The van der Waals surface area contributed by atoms with Crippen molar-refractivity contribution < 1.29 is 14.9 Å². The van der Waals surface area contributed by atoms with Gasteiger partial charge in [0.15, 0.2) is 0 Å². The molecule has 0 saturated carbocycles. The Bertz CT molecular complexity index is 522. The minimum absolute atomic E-state index is 0.144. The first-order chi connectivity index (χ1) is 9.72. The van der Waals surface area contributed by atoms with Crippen LogP contribution in [0.15, 0.2) is 42.6 Å². The summed E-state index contributed by atoms with van der Waals surface area (Å²) in [5, 5.41) is 18.5. The number of rotatable bonds is 6. The third kappa shape index (κ3) is 3.79. The normalized spacial score (nSPS) is 12.2. The number of ether oxygens (including phenoxy) is 1. The average Bonchev–Trinajstić information content (AvgIpc) is 2.49. The van der Waals surface area contributed by atoms with E-state index < -0.39 is 6.10 Å².